The van der Waals surface area contributed by atoms with Crippen LogP contribution in [0.25, 0.3) is 6.08 Å². The van der Waals surface area contributed by atoms with Gasteiger partial charge in [0.2, 0.25) is 0 Å². The summed E-state index contributed by atoms with van der Waals surface area (Å²) in [4.78, 5) is 26.7. The molecule has 31 heavy (non-hydrogen) atoms. The fourth-order valence-electron chi connectivity index (χ4n) is 3.13. The first-order chi connectivity index (χ1) is 14.9. The lowest BCUT2D eigenvalue weighted by atomic mass is 10.1. The molecule has 0 aromatic heterocycles. The molecule has 1 amide bonds. The van der Waals surface area contributed by atoms with E-state index in [4.69, 9.17) is 14.2 Å². The van der Waals surface area contributed by atoms with Crippen molar-refractivity contribution in [3.8, 4) is 17.6 Å². The highest BCUT2D eigenvalue weighted by Gasteiger charge is 2.21. The molecule has 1 saturated heterocycles. The zero-order valence-corrected chi connectivity index (χ0v) is 17.8. The number of hydrogen-bond acceptors (Lipinski definition) is 6. The molecule has 7 nitrogen and oxygen atoms in total. The number of carbonyl (C=O) groups is 2. The Kier molecular flexibility index (Phi) is 7.06. The number of morpholine rings is 1. The van der Waals surface area contributed by atoms with Gasteiger partial charge in [-0.25, -0.2) is 4.79 Å². The van der Waals surface area contributed by atoms with Crippen molar-refractivity contribution in [1.29, 1.82) is 5.26 Å². The van der Waals surface area contributed by atoms with Crippen molar-refractivity contribution in [3.63, 3.8) is 0 Å². The molecule has 3 rings (SSSR count). The van der Waals surface area contributed by atoms with E-state index in [0.29, 0.717) is 43.2 Å². The minimum atomic E-state index is -0.495. The van der Waals surface area contributed by atoms with Crippen LogP contribution in [-0.2, 0) is 9.53 Å². The molecule has 2 aromatic rings. The number of nitrogens with zero attached hydrogens (tertiary/aromatic N) is 2. The second kappa shape index (κ2) is 9.92. The number of ether oxygens (including phenoxy) is 3. The van der Waals surface area contributed by atoms with Gasteiger partial charge in [-0.3, -0.25) is 4.79 Å². The minimum absolute atomic E-state index is 0.0174. The normalized spacial score (nSPS) is 14.0. The monoisotopic (exact) mass is 420 g/mol. The predicted octanol–water partition coefficient (Wildman–Crippen LogP) is 3.30. The van der Waals surface area contributed by atoms with E-state index in [0.717, 1.165) is 11.1 Å². The summed E-state index contributed by atoms with van der Waals surface area (Å²) in [5.74, 6) is -0.261. The van der Waals surface area contributed by atoms with Crippen LogP contribution in [0.1, 0.15) is 27.0 Å². The summed E-state index contributed by atoms with van der Waals surface area (Å²) in [6, 6.07) is 12.2. The zero-order chi connectivity index (χ0) is 22.4. The summed E-state index contributed by atoms with van der Waals surface area (Å²) in [6.07, 6.45) is 1.50. The maximum absolute atomic E-state index is 12.6. The Balaban J connectivity index is 1.80. The van der Waals surface area contributed by atoms with Crippen molar-refractivity contribution in [2.45, 2.75) is 13.8 Å². The molecule has 1 aliphatic heterocycles. The zero-order valence-electron chi connectivity index (χ0n) is 17.8. The van der Waals surface area contributed by atoms with Gasteiger partial charge in [-0.05, 0) is 60.9 Å². The van der Waals surface area contributed by atoms with Crippen LogP contribution in [-0.4, -0.2) is 50.2 Å². The van der Waals surface area contributed by atoms with E-state index in [1.54, 1.807) is 35.2 Å². The highest BCUT2D eigenvalue weighted by Crippen LogP contribution is 2.30. The summed E-state index contributed by atoms with van der Waals surface area (Å²) >= 11 is 0. The quantitative estimate of drug-likeness (QED) is 0.319. The fourth-order valence-corrected chi connectivity index (χ4v) is 3.13. The van der Waals surface area contributed by atoms with Gasteiger partial charge in [0.15, 0.2) is 11.5 Å². The van der Waals surface area contributed by atoms with E-state index in [9.17, 15) is 14.9 Å². The van der Waals surface area contributed by atoms with E-state index in [1.807, 2.05) is 26.0 Å². The lowest BCUT2D eigenvalue weighted by molar-refractivity contribution is -0.130. The second-order valence-electron chi connectivity index (χ2n) is 7.17. The number of methoxy groups -OCH3 is 1. The number of hydrogen-bond donors (Lipinski definition) is 0. The maximum Gasteiger partial charge on any atom is 0.343 e. The van der Waals surface area contributed by atoms with Crippen LogP contribution in [0.5, 0.6) is 11.5 Å². The first kappa shape index (κ1) is 22.1. The standard InChI is InChI=1S/C24H24N2O5/c1-16-4-6-19(12-17(16)2)24(28)31-21-7-5-18(14-22(21)29-3)13-20(15-25)23(27)26-8-10-30-11-9-26/h4-7,12-14H,8-11H2,1-3H3/b20-13+. The molecule has 2 aromatic carbocycles. The van der Waals surface area contributed by atoms with Gasteiger partial charge >= 0.3 is 5.97 Å². The maximum atomic E-state index is 12.6. The van der Waals surface area contributed by atoms with Crippen LogP contribution in [0.2, 0.25) is 0 Å². The van der Waals surface area contributed by atoms with Crippen LogP contribution in [0.3, 0.4) is 0 Å². The van der Waals surface area contributed by atoms with Crippen LogP contribution >= 0.6 is 0 Å². The lowest BCUT2D eigenvalue weighted by Gasteiger charge is -2.26. The number of benzene rings is 2. The first-order valence-corrected chi connectivity index (χ1v) is 9.89. The molecule has 0 spiro atoms. The smallest absolute Gasteiger partial charge is 0.343 e. The van der Waals surface area contributed by atoms with E-state index in [1.165, 1.54) is 13.2 Å². The Morgan fingerprint density at radius 3 is 2.45 bits per heavy atom. The molecule has 0 radical (unpaired) electrons. The minimum Gasteiger partial charge on any atom is -0.493 e. The van der Waals surface area contributed by atoms with E-state index < -0.39 is 5.97 Å². The highest BCUT2D eigenvalue weighted by atomic mass is 16.6. The predicted molar refractivity (Wildman–Crippen MR) is 115 cm³/mol. The Morgan fingerprint density at radius 1 is 1.06 bits per heavy atom. The van der Waals surface area contributed by atoms with Gasteiger partial charge in [0, 0.05) is 13.1 Å². The molecule has 1 aliphatic rings. The highest BCUT2D eigenvalue weighted by molar-refractivity contribution is 6.01. The Morgan fingerprint density at radius 2 is 1.81 bits per heavy atom. The number of carbonyl (C=O) groups excluding carboxylic acids is 2. The molecular weight excluding hydrogens is 396 g/mol. The molecule has 0 saturated carbocycles. The largest absolute Gasteiger partial charge is 0.493 e. The van der Waals surface area contributed by atoms with Crippen LogP contribution < -0.4 is 9.47 Å². The molecular formula is C24H24N2O5. The van der Waals surface area contributed by atoms with Gasteiger partial charge in [0.1, 0.15) is 11.6 Å². The number of esters is 1. The van der Waals surface area contributed by atoms with Crippen LogP contribution in [0.15, 0.2) is 42.0 Å². The van der Waals surface area contributed by atoms with Crippen molar-refractivity contribution < 1.29 is 23.8 Å². The number of amides is 1. The summed E-state index contributed by atoms with van der Waals surface area (Å²) in [5, 5.41) is 9.46. The van der Waals surface area contributed by atoms with Crippen LogP contribution in [0.4, 0.5) is 0 Å². The van der Waals surface area contributed by atoms with Crippen molar-refractivity contribution in [1.82, 2.24) is 4.90 Å². The van der Waals surface area contributed by atoms with E-state index in [-0.39, 0.29) is 17.2 Å². The van der Waals surface area contributed by atoms with Gasteiger partial charge in [-0.15, -0.1) is 0 Å². The van der Waals surface area contributed by atoms with Gasteiger partial charge < -0.3 is 19.1 Å². The summed E-state index contributed by atoms with van der Waals surface area (Å²) < 4.78 is 16.1. The van der Waals surface area contributed by atoms with Crippen molar-refractivity contribution >= 4 is 18.0 Å². The molecule has 1 fully saturated rings. The molecule has 0 unspecified atom stereocenters. The molecule has 1 heterocycles. The van der Waals surface area contributed by atoms with E-state index in [2.05, 4.69) is 0 Å². The summed E-state index contributed by atoms with van der Waals surface area (Å²) in [6.45, 7) is 5.72. The Hall–Kier alpha value is -3.63. The molecule has 0 bridgehead atoms. The van der Waals surface area contributed by atoms with Crippen molar-refractivity contribution in [2.24, 2.45) is 0 Å². The average Bonchev–Trinajstić information content (AvgIpc) is 2.80. The van der Waals surface area contributed by atoms with Crippen LogP contribution in [0, 0.1) is 25.2 Å². The Bertz CT molecular complexity index is 1060. The summed E-state index contributed by atoms with van der Waals surface area (Å²) in [7, 11) is 1.46. The fraction of sp³-hybridized carbons (Fsp3) is 0.292. The molecule has 0 atom stereocenters. The third-order valence-corrected chi connectivity index (χ3v) is 5.09. The van der Waals surface area contributed by atoms with Gasteiger partial charge in [0.25, 0.3) is 5.91 Å². The number of aryl methyl sites for hydroxylation is 2. The van der Waals surface area contributed by atoms with E-state index >= 15 is 0 Å². The SMILES string of the molecule is COc1cc(/C=C(\C#N)C(=O)N2CCOCC2)ccc1OC(=O)c1ccc(C)c(C)c1. The topological polar surface area (TPSA) is 88.9 Å². The molecule has 160 valence electrons. The van der Waals surface area contributed by atoms with Gasteiger partial charge in [0.05, 0.1) is 25.9 Å². The van der Waals surface area contributed by atoms with Gasteiger partial charge in [-0.1, -0.05) is 12.1 Å². The first-order valence-electron chi connectivity index (χ1n) is 9.89. The lowest BCUT2D eigenvalue weighted by Crippen LogP contribution is -2.41. The number of nitriles is 1. The molecule has 0 N–H and O–H groups in total. The third kappa shape index (κ3) is 5.30. The average molecular weight is 420 g/mol. The van der Waals surface area contributed by atoms with Gasteiger partial charge in [-0.2, -0.15) is 5.26 Å². The summed E-state index contributed by atoms with van der Waals surface area (Å²) in [5.41, 5.74) is 3.13. The van der Waals surface area contributed by atoms with Crippen molar-refractivity contribution in [3.05, 3.63) is 64.2 Å². The number of rotatable bonds is 5. The molecule has 0 aliphatic carbocycles. The molecule has 7 heteroatoms. The Labute approximate surface area is 181 Å². The third-order valence-electron chi connectivity index (χ3n) is 5.09. The van der Waals surface area contributed by atoms with Crippen molar-refractivity contribution in [2.75, 3.05) is 33.4 Å². The second-order valence-corrected chi connectivity index (χ2v) is 7.17.